The van der Waals surface area contributed by atoms with Gasteiger partial charge in [0.15, 0.2) is 5.58 Å². The van der Waals surface area contributed by atoms with E-state index >= 15 is 0 Å². The number of amides is 1. The van der Waals surface area contributed by atoms with Crippen LogP contribution >= 0.6 is 11.6 Å². The molecular weight excluding hydrogens is 390 g/mol. The van der Waals surface area contributed by atoms with Gasteiger partial charge in [-0.1, -0.05) is 35.9 Å². The number of para-hydroxylation sites is 2. The molecule has 1 saturated heterocycles. The van der Waals surface area contributed by atoms with Crippen LogP contribution in [0.4, 0.5) is 0 Å². The van der Waals surface area contributed by atoms with Gasteiger partial charge >= 0.3 is 5.76 Å². The average Bonchev–Trinajstić information content (AvgIpc) is 3.06. The zero-order valence-electron chi connectivity index (χ0n) is 16.3. The third-order valence-corrected chi connectivity index (χ3v) is 5.79. The number of likely N-dealkylation sites (tertiary alicyclic amines) is 1. The summed E-state index contributed by atoms with van der Waals surface area (Å²) in [6, 6.07) is 14.5. The zero-order chi connectivity index (χ0) is 20.4. The zero-order valence-corrected chi connectivity index (χ0v) is 17.1. The molecule has 2 heterocycles. The first-order chi connectivity index (χ1) is 14.0. The van der Waals surface area contributed by atoms with Gasteiger partial charge in [-0.25, -0.2) is 4.79 Å². The van der Waals surface area contributed by atoms with Crippen LogP contribution < -0.4 is 11.1 Å². The van der Waals surface area contributed by atoms with Gasteiger partial charge in [0, 0.05) is 30.7 Å². The van der Waals surface area contributed by atoms with E-state index in [-0.39, 0.29) is 11.9 Å². The Hall–Kier alpha value is -2.57. The molecule has 1 fully saturated rings. The number of fused-ring (bicyclic) bond motifs is 1. The van der Waals surface area contributed by atoms with Crippen molar-refractivity contribution in [3.8, 4) is 0 Å². The highest BCUT2D eigenvalue weighted by molar-refractivity contribution is 6.30. The van der Waals surface area contributed by atoms with Crippen molar-refractivity contribution in [1.29, 1.82) is 0 Å². The fraction of sp³-hybridized carbons (Fsp3) is 0.364. The van der Waals surface area contributed by atoms with Crippen LogP contribution in [0.25, 0.3) is 11.1 Å². The summed E-state index contributed by atoms with van der Waals surface area (Å²) in [5.41, 5.74) is 2.36. The molecule has 7 heteroatoms. The summed E-state index contributed by atoms with van der Waals surface area (Å²) in [5.74, 6) is -0.665. The smallest absolute Gasteiger partial charge is 0.408 e. The third kappa shape index (κ3) is 4.38. The Morgan fingerprint density at radius 2 is 1.86 bits per heavy atom. The van der Waals surface area contributed by atoms with Crippen molar-refractivity contribution in [2.24, 2.45) is 0 Å². The molecule has 3 aromatic rings. The second kappa shape index (κ2) is 8.43. The third-order valence-electron chi connectivity index (χ3n) is 5.54. The van der Waals surface area contributed by atoms with Gasteiger partial charge in [-0.05, 0) is 49.6 Å². The Balaban J connectivity index is 1.34. The van der Waals surface area contributed by atoms with E-state index in [0.717, 1.165) is 37.5 Å². The fourth-order valence-corrected chi connectivity index (χ4v) is 4.00. The van der Waals surface area contributed by atoms with Crippen LogP contribution in [0.1, 0.15) is 31.4 Å². The van der Waals surface area contributed by atoms with E-state index < -0.39 is 11.8 Å². The molecule has 4 rings (SSSR count). The van der Waals surface area contributed by atoms with Crippen LogP contribution in [0.5, 0.6) is 0 Å². The molecule has 0 bridgehead atoms. The number of piperidine rings is 1. The van der Waals surface area contributed by atoms with E-state index in [1.54, 1.807) is 25.1 Å². The van der Waals surface area contributed by atoms with Crippen LogP contribution in [0, 0.1) is 0 Å². The average molecular weight is 414 g/mol. The van der Waals surface area contributed by atoms with Gasteiger partial charge in [-0.3, -0.25) is 14.3 Å². The molecular formula is C22H24ClN3O3. The highest BCUT2D eigenvalue weighted by atomic mass is 35.5. The first kappa shape index (κ1) is 19.7. The first-order valence-electron chi connectivity index (χ1n) is 9.88. The summed E-state index contributed by atoms with van der Waals surface area (Å²) in [7, 11) is 0. The number of hydrogen-bond acceptors (Lipinski definition) is 4. The van der Waals surface area contributed by atoms with Gasteiger partial charge in [0.05, 0.1) is 5.52 Å². The van der Waals surface area contributed by atoms with Crippen LogP contribution in [0.3, 0.4) is 0 Å². The van der Waals surface area contributed by atoms with Gasteiger partial charge in [-0.2, -0.15) is 0 Å². The Bertz CT molecular complexity index is 1050. The number of nitrogens with zero attached hydrogens (tertiary/aromatic N) is 2. The molecule has 1 N–H and O–H groups in total. The fourth-order valence-electron chi connectivity index (χ4n) is 3.87. The van der Waals surface area contributed by atoms with E-state index in [1.165, 1.54) is 10.1 Å². The minimum absolute atomic E-state index is 0.111. The molecule has 0 saturated carbocycles. The molecule has 152 valence electrons. The van der Waals surface area contributed by atoms with Crippen molar-refractivity contribution in [1.82, 2.24) is 14.8 Å². The first-order valence-corrected chi connectivity index (χ1v) is 10.3. The highest BCUT2D eigenvalue weighted by Gasteiger charge is 2.25. The predicted octanol–water partition coefficient (Wildman–Crippen LogP) is 3.59. The number of rotatable bonds is 5. The van der Waals surface area contributed by atoms with Crippen molar-refractivity contribution in [3.05, 3.63) is 69.7 Å². The molecule has 0 radical (unpaired) electrons. The Morgan fingerprint density at radius 3 is 2.59 bits per heavy atom. The van der Waals surface area contributed by atoms with Gasteiger partial charge in [-0.15, -0.1) is 0 Å². The molecule has 1 amide bonds. The molecule has 1 aliphatic heterocycles. The quantitative estimate of drug-likeness (QED) is 0.694. The van der Waals surface area contributed by atoms with Crippen LogP contribution in [0.2, 0.25) is 5.02 Å². The lowest BCUT2D eigenvalue weighted by molar-refractivity contribution is -0.125. The standard InChI is InChI=1S/C22H24ClN3O3/c1-15(26-19-4-2-3-5-20(19)29-22(26)28)21(27)24-18-10-12-25(13-11-18)14-16-6-8-17(23)9-7-16/h2-9,15,18H,10-14H2,1H3,(H,24,27)/t15-/m1/s1. The predicted molar refractivity (Wildman–Crippen MR) is 113 cm³/mol. The molecule has 0 unspecified atom stereocenters. The van der Waals surface area contributed by atoms with Gasteiger partial charge in [0.2, 0.25) is 5.91 Å². The van der Waals surface area contributed by atoms with Crippen LogP contribution in [-0.2, 0) is 11.3 Å². The number of carbonyl (C=O) groups is 1. The number of hydrogen-bond donors (Lipinski definition) is 1. The number of aromatic nitrogens is 1. The van der Waals surface area contributed by atoms with Crippen molar-refractivity contribution in [3.63, 3.8) is 0 Å². The summed E-state index contributed by atoms with van der Waals surface area (Å²) in [6.07, 6.45) is 1.76. The topological polar surface area (TPSA) is 67.5 Å². The van der Waals surface area contributed by atoms with Crippen molar-refractivity contribution < 1.29 is 9.21 Å². The minimum atomic E-state index is -0.627. The number of oxazole rings is 1. The summed E-state index contributed by atoms with van der Waals surface area (Å²) in [6.45, 7) is 4.44. The van der Waals surface area contributed by atoms with Gasteiger partial charge in [0.1, 0.15) is 6.04 Å². The number of nitrogens with one attached hydrogen (secondary N) is 1. The maximum absolute atomic E-state index is 12.8. The molecule has 2 aromatic carbocycles. The normalized spacial score (nSPS) is 16.8. The molecule has 29 heavy (non-hydrogen) atoms. The van der Waals surface area contributed by atoms with E-state index in [9.17, 15) is 9.59 Å². The number of carbonyl (C=O) groups excluding carboxylic acids is 1. The second-order valence-corrected chi connectivity index (χ2v) is 8.00. The summed E-state index contributed by atoms with van der Waals surface area (Å²) < 4.78 is 6.67. The minimum Gasteiger partial charge on any atom is -0.408 e. The molecule has 0 aliphatic carbocycles. The monoisotopic (exact) mass is 413 g/mol. The molecule has 1 atom stereocenters. The highest BCUT2D eigenvalue weighted by Crippen LogP contribution is 2.19. The van der Waals surface area contributed by atoms with E-state index in [0.29, 0.717) is 11.1 Å². The van der Waals surface area contributed by atoms with Gasteiger partial charge < -0.3 is 9.73 Å². The lowest BCUT2D eigenvalue weighted by Gasteiger charge is -2.33. The number of benzene rings is 2. The van der Waals surface area contributed by atoms with Crippen molar-refractivity contribution >= 4 is 28.6 Å². The molecule has 1 aromatic heterocycles. The Labute approximate surface area is 174 Å². The van der Waals surface area contributed by atoms with Crippen molar-refractivity contribution in [2.75, 3.05) is 13.1 Å². The van der Waals surface area contributed by atoms with E-state index in [1.807, 2.05) is 30.3 Å². The van der Waals surface area contributed by atoms with Gasteiger partial charge in [0.25, 0.3) is 0 Å². The van der Waals surface area contributed by atoms with Crippen LogP contribution in [-0.4, -0.2) is 34.5 Å². The van der Waals surface area contributed by atoms with E-state index in [2.05, 4.69) is 10.2 Å². The summed E-state index contributed by atoms with van der Waals surface area (Å²) in [5, 5.41) is 3.85. The number of halogens is 1. The lowest BCUT2D eigenvalue weighted by atomic mass is 10.0. The second-order valence-electron chi connectivity index (χ2n) is 7.57. The Kier molecular flexibility index (Phi) is 5.74. The molecule has 6 nitrogen and oxygen atoms in total. The van der Waals surface area contributed by atoms with Crippen molar-refractivity contribution in [2.45, 2.75) is 38.4 Å². The maximum Gasteiger partial charge on any atom is 0.420 e. The van der Waals surface area contributed by atoms with E-state index in [4.69, 9.17) is 16.0 Å². The SMILES string of the molecule is C[C@H](C(=O)NC1CCN(Cc2ccc(Cl)cc2)CC1)n1c(=O)oc2ccccc21. The van der Waals surface area contributed by atoms with Crippen LogP contribution in [0.15, 0.2) is 57.7 Å². The summed E-state index contributed by atoms with van der Waals surface area (Å²) >= 11 is 5.95. The Morgan fingerprint density at radius 1 is 1.17 bits per heavy atom. The largest absolute Gasteiger partial charge is 0.420 e. The molecule has 1 aliphatic rings. The lowest BCUT2D eigenvalue weighted by Crippen LogP contribution is -2.46. The molecule has 0 spiro atoms. The summed E-state index contributed by atoms with van der Waals surface area (Å²) in [4.78, 5) is 27.4. The maximum atomic E-state index is 12.8.